The molecule has 0 amide bonds. The molecule has 1 aliphatic heterocycles. The molecule has 1 aromatic carbocycles. The summed E-state index contributed by atoms with van der Waals surface area (Å²) in [5, 5.41) is 3.24. The van der Waals surface area contributed by atoms with Crippen molar-refractivity contribution < 1.29 is 14.3 Å². The molecule has 1 aliphatic carbocycles. The van der Waals surface area contributed by atoms with Gasteiger partial charge in [0.05, 0.1) is 6.10 Å². The molecule has 0 fully saturated rings. The van der Waals surface area contributed by atoms with Gasteiger partial charge in [-0.3, -0.25) is 9.59 Å². The largest absolute Gasteiger partial charge is 0.462 e. The Labute approximate surface area is 161 Å². The topological polar surface area (TPSA) is 58.6 Å². The van der Waals surface area contributed by atoms with Crippen LogP contribution in [0, 0.1) is 5.92 Å². The van der Waals surface area contributed by atoms with Crippen molar-refractivity contribution in [3.63, 3.8) is 0 Å². The van der Waals surface area contributed by atoms with Crippen molar-refractivity contribution in [3.8, 4) is 0 Å². The van der Waals surface area contributed by atoms with Crippen LogP contribution in [-0.2, 0) is 14.3 Å². The van der Waals surface area contributed by atoms with Gasteiger partial charge in [-0.2, -0.15) is 0 Å². The van der Waals surface area contributed by atoms with Crippen molar-refractivity contribution >= 4 is 17.4 Å². The van der Waals surface area contributed by atoms with Gasteiger partial charge in [0, 0.05) is 49.1 Å². The summed E-state index contributed by atoms with van der Waals surface area (Å²) in [6.07, 6.45) is 1.93. The van der Waals surface area contributed by atoms with E-state index in [0.29, 0.717) is 12.1 Å². The monoisotopic (exact) mass is 368 g/mol. The van der Waals surface area contributed by atoms with Gasteiger partial charge in [-0.25, -0.2) is 0 Å². The first-order valence-corrected chi connectivity index (χ1v) is 9.49. The van der Waals surface area contributed by atoms with Gasteiger partial charge in [0.2, 0.25) is 0 Å². The van der Waals surface area contributed by atoms with Gasteiger partial charge in [-0.1, -0.05) is 18.7 Å². The number of nitrogens with zero attached hydrogens (tertiary/aromatic N) is 1. The van der Waals surface area contributed by atoms with Gasteiger partial charge in [0.1, 0.15) is 5.92 Å². The van der Waals surface area contributed by atoms with E-state index in [1.807, 2.05) is 57.1 Å². The SMILES string of the molecule is C=C1NC2=C(C(=O)CCC2)C(c2ccc(N(C)C)cc2)C1C(=O)OC(C)C. The molecule has 0 bridgehead atoms. The van der Waals surface area contributed by atoms with Crippen molar-refractivity contribution in [1.29, 1.82) is 0 Å². The molecule has 144 valence electrons. The Morgan fingerprint density at radius 3 is 2.48 bits per heavy atom. The highest BCUT2D eigenvalue weighted by atomic mass is 16.5. The smallest absolute Gasteiger partial charge is 0.316 e. The predicted octanol–water partition coefficient (Wildman–Crippen LogP) is 3.53. The Morgan fingerprint density at radius 2 is 1.89 bits per heavy atom. The Hall–Kier alpha value is -2.56. The molecule has 0 radical (unpaired) electrons. The molecule has 0 saturated heterocycles. The Bertz CT molecular complexity index is 790. The Morgan fingerprint density at radius 1 is 1.22 bits per heavy atom. The Balaban J connectivity index is 2.09. The number of Topliss-reactive ketones (excluding diaryl/α,β-unsaturated/α-hetero) is 1. The molecule has 5 nitrogen and oxygen atoms in total. The molecule has 0 saturated carbocycles. The summed E-state index contributed by atoms with van der Waals surface area (Å²) in [6.45, 7) is 7.75. The van der Waals surface area contributed by atoms with E-state index in [9.17, 15) is 9.59 Å². The summed E-state index contributed by atoms with van der Waals surface area (Å²) >= 11 is 0. The summed E-state index contributed by atoms with van der Waals surface area (Å²) in [5.41, 5.74) is 4.24. The van der Waals surface area contributed by atoms with E-state index < -0.39 is 5.92 Å². The van der Waals surface area contributed by atoms with Gasteiger partial charge >= 0.3 is 5.97 Å². The summed E-state index contributed by atoms with van der Waals surface area (Å²) in [6, 6.07) is 8.03. The van der Waals surface area contributed by atoms with E-state index >= 15 is 0 Å². The predicted molar refractivity (Wildman–Crippen MR) is 106 cm³/mol. The van der Waals surface area contributed by atoms with Crippen molar-refractivity contribution in [1.82, 2.24) is 5.32 Å². The van der Waals surface area contributed by atoms with Crippen LogP contribution >= 0.6 is 0 Å². The van der Waals surface area contributed by atoms with Crippen LogP contribution in [0.2, 0.25) is 0 Å². The molecule has 2 unspecified atom stereocenters. The molecule has 1 heterocycles. The normalized spacial score (nSPS) is 22.4. The van der Waals surface area contributed by atoms with Crippen LogP contribution in [0.15, 0.2) is 47.8 Å². The maximum Gasteiger partial charge on any atom is 0.316 e. The summed E-state index contributed by atoms with van der Waals surface area (Å²) in [7, 11) is 3.96. The molecular formula is C22H28N2O3. The van der Waals surface area contributed by atoms with E-state index in [2.05, 4.69) is 11.9 Å². The van der Waals surface area contributed by atoms with Crippen LogP contribution in [0.3, 0.4) is 0 Å². The van der Waals surface area contributed by atoms with Gasteiger partial charge in [-0.15, -0.1) is 0 Å². The van der Waals surface area contributed by atoms with E-state index in [0.717, 1.165) is 35.4 Å². The number of benzene rings is 1. The first-order chi connectivity index (χ1) is 12.8. The number of ether oxygens (including phenoxy) is 1. The molecule has 2 atom stereocenters. The molecule has 3 rings (SSSR count). The lowest BCUT2D eigenvalue weighted by Gasteiger charge is -2.38. The van der Waals surface area contributed by atoms with Crippen LogP contribution in [0.25, 0.3) is 0 Å². The number of rotatable bonds is 4. The van der Waals surface area contributed by atoms with E-state index in [1.54, 1.807) is 0 Å². The van der Waals surface area contributed by atoms with Gasteiger partial charge < -0.3 is 15.0 Å². The van der Waals surface area contributed by atoms with Gasteiger partial charge in [0.15, 0.2) is 5.78 Å². The van der Waals surface area contributed by atoms with E-state index in [4.69, 9.17) is 4.74 Å². The van der Waals surface area contributed by atoms with Gasteiger partial charge in [0.25, 0.3) is 0 Å². The van der Waals surface area contributed by atoms with Crippen molar-refractivity contribution in [2.24, 2.45) is 5.92 Å². The lowest BCUT2D eigenvalue weighted by Crippen LogP contribution is -2.41. The molecule has 27 heavy (non-hydrogen) atoms. The number of anilines is 1. The van der Waals surface area contributed by atoms with Crippen molar-refractivity contribution in [3.05, 3.63) is 53.4 Å². The first-order valence-electron chi connectivity index (χ1n) is 9.49. The van der Waals surface area contributed by atoms with Gasteiger partial charge in [-0.05, 0) is 44.4 Å². The maximum atomic E-state index is 12.9. The highest BCUT2D eigenvalue weighted by Gasteiger charge is 2.44. The number of hydrogen-bond donors (Lipinski definition) is 1. The lowest BCUT2D eigenvalue weighted by atomic mass is 9.71. The number of nitrogens with one attached hydrogen (secondary N) is 1. The molecule has 1 N–H and O–H groups in total. The van der Waals surface area contributed by atoms with Crippen LogP contribution < -0.4 is 10.2 Å². The van der Waals surface area contributed by atoms with E-state index in [1.165, 1.54) is 0 Å². The summed E-state index contributed by atoms with van der Waals surface area (Å²) in [4.78, 5) is 27.7. The van der Waals surface area contributed by atoms with Crippen molar-refractivity contribution in [2.45, 2.75) is 45.1 Å². The molecule has 0 spiro atoms. The number of allylic oxidation sites excluding steroid dienone is 2. The number of hydrogen-bond acceptors (Lipinski definition) is 5. The minimum atomic E-state index is -0.613. The molecule has 5 heteroatoms. The fourth-order valence-corrected chi connectivity index (χ4v) is 3.92. The molecular weight excluding hydrogens is 340 g/mol. The van der Waals surface area contributed by atoms with Crippen LogP contribution in [0.1, 0.15) is 44.6 Å². The average molecular weight is 368 g/mol. The van der Waals surface area contributed by atoms with Crippen LogP contribution in [0.5, 0.6) is 0 Å². The van der Waals surface area contributed by atoms with Crippen LogP contribution in [0.4, 0.5) is 5.69 Å². The lowest BCUT2D eigenvalue weighted by molar-refractivity contribution is -0.151. The average Bonchev–Trinajstić information content (AvgIpc) is 2.60. The third kappa shape index (κ3) is 3.77. The number of ketones is 1. The highest BCUT2D eigenvalue weighted by Crippen LogP contribution is 2.44. The highest BCUT2D eigenvalue weighted by molar-refractivity contribution is 6.00. The number of esters is 1. The number of carbonyl (C=O) groups excluding carboxylic acids is 2. The zero-order chi connectivity index (χ0) is 19.7. The zero-order valence-electron chi connectivity index (χ0n) is 16.5. The third-order valence-electron chi connectivity index (χ3n) is 5.16. The fourth-order valence-electron chi connectivity index (χ4n) is 3.92. The quantitative estimate of drug-likeness (QED) is 0.824. The fraction of sp³-hybridized carbons (Fsp3) is 0.455. The Kier molecular flexibility index (Phi) is 5.40. The molecule has 1 aromatic rings. The second kappa shape index (κ2) is 7.59. The standard InChI is InChI=1S/C22H28N2O3/c1-13(2)27-22(26)19-14(3)23-17-7-6-8-18(25)21(17)20(19)15-9-11-16(12-10-15)24(4)5/h9-13,19-20,23H,3,6-8H2,1-2,4-5H3. The zero-order valence-corrected chi connectivity index (χ0v) is 16.5. The maximum absolute atomic E-state index is 12.9. The second-order valence-electron chi connectivity index (χ2n) is 7.75. The number of carbonyl (C=O) groups is 2. The molecule has 2 aliphatic rings. The second-order valence-corrected chi connectivity index (χ2v) is 7.75. The molecule has 0 aromatic heterocycles. The minimum absolute atomic E-state index is 0.111. The minimum Gasteiger partial charge on any atom is -0.462 e. The van der Waals surface area contributed by atoms with Crippen LogP contribution in [-0.4, -0.2) is 32.0 Å². The third-order valence-corrected chi connectivity index (χ3v) is 5.16. The van der Waals surface area contributed by atoms with Crippen molar-refractivity contribution in [2.75, 3.05) is 19.0 Å². The summed E-state index contributed by atoms with van der Waals surface area (Å²) in [5.74, 6) is -1.20. The first kappa shape index (κ1) is 19.2. The summed E-state index contributed by atoms with van der Waals surface area (Å²) < 4.78 is 5.51. The van der Waals surface area contributed by atoms with E-state index in [-0.39, 0.29) is 23.8 Å².